The van der Waals surface area contributed by atoms with Crippen LogP contribution in [0.25, 0.3) is 10.9 Å². The molecule has 0 aliphatic carbocycles. The number of aromatic nitrogens is 1. The highest BCUT2D eigenvalue weighted by Gasteiger charge is 2.08. The normalized spacial score (nSPS) is 10.4. The van der Waals surface area contributed by atoms with Crippen LogP contribution in [0, 0.1) is 0 Å². The van der Waals surface area contributed by atoms with Gasteiger partial charge in [0.1, 0.15) is 5.69 Å². The second-order valence-corrected chi connectivity index (χ2v) is 4.42. The van der Waals surface area contributed by atoms with Gasteiger partial charge in [-0.2, -0.15) is 0 Å². The molecule has 1 aromatic heterocycles. The molecule has 0 radical (unpaired) electrons. The molecule has 0 aliphatic heterocycles. The highest BCUT2D eigenvalue weighted by molar-refractivity contribution is 6.04. The molecule has 0 atom stereocenters. The van der Waals surface area contributed by atoms with Gasteiger partial charge < -0.3 is 10.3 Å². The van der Waals surface area contributed by atoms with Crippen LogP contribution in [0.3, 0.4) is 0 Å². The zero-order chi connectivity index (χ0) is 13.9. The Balaban J connectivity index is 1.97. The van der Waals surface area contributed by atoms with E-state index in [1.807, 2.05) is 30.3 Å². The van der Waals surface area contributed by atoms with E-state index in [9.17, 15) is 9.59 Å². The Bertz CT molecular complexity index is 823. The molecule has 0 saturated carbocycles. The Hall–Kier alpha value is -2.88. The molecule has 0 bridgehead atoms. The number of para-hydroxylation sites is 1. The predicted octanol–water partition coefficient (Wildman–Crippen LogP) is 2.78. The number of fused-ring (bicyclic) bond motifs is 1. The lowest BCUT2D eigenvalue weighted by atomic mass is 10.2. The van der Waals surface area contributed by atoms with E-state index in [2.05, 4.69) is 10.3 Å². The summed E-state index contributed by atoms with van der Waals surface area (Å²) in [7, 11) is 0. The van der Waals surface area contributed by atoms with Gasteiger partial charge in [-0.3, -0.25) is 9.59 Å². The lowest BCUT2D eigenvalue weighted by molar-refractivity contribution is 0.102. The van der Waals surface area contributed by atoms with Crippen molar-refractivity contribution in [2.24, 2.45) is 0 Å². The molecule has 0 unspecified atom stereocenters. The highest BCUT2D eigenvalue weighted by atomic mass is 16.2. The first-order valence-electron chi connectivity index (χ1n) is 6.22. The van der Waals surface area contributed by atoms with Gasteiger partial charge in [-0.05, 0) is 24.3 Å². The summed E-state index contributed by atoms with van der Waals surface area (Å²) in [5, 5.41) is 3.51. The predicted molar refractivity (Wildman–Crippen MR) is 79.0 cm³/mol. The molecule has 0 fully saturated rings. The number of carbonyl (C=O) groups excluding carboxylic acids is 1. The Morgan fingerprint density at radius 3 is 2.45 bits per heavy atom. The molecular formula is C16H12N2O2. The van der Waals surface area contributed by atoms with E-state index in [-0.39, 0.29) is 17.2 Å². The van der Waals surface area contributed by atoms with Gasteiger partial charge in [-0.1, -0.05) is 36.4 Å². The van der Waals surface area contributed by atoms with Crippen LogP contribution >= 0.6 is 0 Å². The van der Waals surface area contributed by atoms with E-state index >= 15 is 0 Å². The lowest BCUT2D eigenvalue weighted by Crippen LogP contribution is -2.19. The van der Waals surface area contributed by atoms with Gasteiger partial charge in [0, 0.05) is 16.5 Å². The Kier molecular flexibility index (Phi) is 3.05. The Morgan fingerprint density at radius 2 is 1.65 bits per heavy atom. The minimum absolute atomic E-state index is 0.248. The number of nitrogens with one attached hydrogen (secondary N) is 2. The van der Waals surface area contributed by atoms with Gasteiger partial charge in [-0.15, -0.1) is 0 Å². The Labute approximate surface area is 115 Å². The topological polar surface area (TPSA) is 62.0 Å². The van der Waals surface area contributed by atoms with Crippen LogP contribution in [-0.4, -0.2) is 10.9 Å². The summed E-state index contributed by atoms with van der Waals surface area (Å²) in [6, 6.07) is 17.9. The fourth-order valence-electron chi connectivity index (χ4n) is 2.02. The standard InChI is InChI=1S/C16H12N2O2/c19-15(11-6-2-1-3-7-11)18-14-10-12-8-4-5-9-13(12)17-16(14)20/h1-10H,(H,17,20)(H,18,19). The number of rotatable bonds is 2. The Morgan fingerprint density at radius 1 is 0.950 bits per heavy atom. The second kappa shape index (κ2) is 5.01. The minimum atomic E-state index is -0.312. The van der Waals surface area contributed by atoms with E-state index in [1.165, 1.54) is 0 Å². The quantitative estimate of drug-likeness (QED) is 0.747. The van der Waals surface area contributed by atoms with Gasteiger partial charge >= 0.3 is 0 Å². The molecule has 0 aliphatic rings. The van der Waals surface area contributed by atoms with Gasteiger partial charge in [0.25, 0.3) is 11.5 Å². The molecule has 4 nitrogen and oxygen atoms in total. The summed E-state index contributed by atoms with van der Waals surface area (Å²) < 4.78 is 0. The van der Waals surface area contributed by atoms with Crippen LogP contribution in [0.2, 0.25) is 0 Å². The van der Waals surface area contributed by atoms with Crippen molar-refractivity contribution in [3.05, 3.63) is 76.6 Å². The number of pyridine rings is 1. The second-order valence-electron chi connectivity index (χ2n) is 4.42. The molecule has 2 N–H and O–H groups in total. The summed E-state index contributed by atoms with van der Waals surface area (Å²) in [5.41, 5.74) is 1.20. The lowest BCUT2D eigenvalue weighted by Gasteiger charge is -2.05. The van der Waals surface area contributed by atoms with E-state index in [1.54, 1.807) is 30.3 Å². The fraction of sp³-hybridized carbons (Fsp3) is 0. The molecule has 4 heteroatoms. The zero-order valence-electron chi connectivity index (χ0n) is 10.6. The van der Waals surface area contributed by atoms with Crippen LogP contribution in [0.4, 0.5) is 5.69 Å². The molecule has 1 heterocycles. The molecule has 3 aromatic rings. The SMILES string of the molecule is O=C(Nc1cc2ccccc2[nH]c1=O)c1ccccc1. The average molecular weight is 264 g/mol. The van der Waals surface area contributed by atoms with Crippen LogP contribution in [-0.2, 0) is 0 Å². The number of hydrogen-bond acceptors (Lipinski definition) is 2. The van der Waals surface area contributed by atoms with Crippen molar-refractivity contribution in [3.8, 4) is 0 Å². The summed E-state index contributed by atoms with van der Waals surface area (Å²) in [6.45, 7) is 0. The molecule has 1 amide bonds. The maximum Gasteiger partial charge on any atom is 0.272 e. The maximum atomic E-state index is 12.0. The fourth-order valence-corrected chi connectivity index (χ4v) is 2.02. The van der Waals surface area contributed by atoms with Crippen molar-refractivity contribution in [1.29, 1.82) is 0 Å². The van der Waals surface area contributed by atoms with Crippen molar-refractivity contribution in [3.63, 3.8) is 0 Å². The highest BCUT2D eigenvalue weighted by Crippen LogP contribution is 2.13. The average Bonchev–Trinajstić information content (AvgIpc) is 2.49. The number of anilines is 1. The van der Waals surface area contributed by atoms with Crippen molar-refractivity contribution in [2.75, 3.05) is 5.32 Å². The third-order valence-corrected chi connectivity index (χ3v) is 3.04. The van der Waals surface area contributed by atoms with Crippen molar-refractivity contribution in [1.82, 2.24) is 4.98 Å². The minimum Gasteiger partial charge on any atom is -0.320 e. The number of aromatic amines is 1. The third kappa shape index (κ3) is 2.31. The maximum absolute atomic E-state index is 12.0. The molecule has 0 saturated heterocycles. The molecule has 3 rings (SSSR count). The molecule has 0 spiro atoms. The first kappa shape index (κ1) is 12.2. The smallest absolute Gasteiger partial charge is 0.272 e. The number of hydrogen-bond donors (Lipinski definition) is 2. The van der Waals surface area contributed by atoms with E-state index in [0.29, 0.717) is 5.56 Å². The van der Waals surface area contributed by atoms with E-state index in [4.69, 9.17) is 0 Å². The summed E-state index contributed by atoms with van der Waals surface area (Å²) >= 11 is 0. The van der Waals surface area contributed by atoms with Crippen LogP contribution in [0.5, 0.6) is 0 Å². The first-order chi connectivity index (χ1) is 9.74. The van der Waals surface area contributed by atoms with Gasteiger partial charge in [0.15, 0.2) is 0 Å². The summed E-state index contributed by atoms with van der Waals surface area (Å²) in [4.78, 5) is 26.7. The number of amides is 1. The molecule has 2 aromatic carbocycles. The van der Waals surface area contributed by atoms with Crippen molar-refractivity contribution in [2.45, 2.75) is 0 Å². The van der Waals surface area contributed by atoms with Gasteiger partial charge in [-0.25, -0.2) is 0 Å². The van der Waals surface area contributed by atoms with Crippen LogP contribution < -0.4 is 10.9 Å². The largest absolute Gasteiger partial charge is 0.320 e. The number of H-pyrrole nitrogens is 1. The number of carbonyl (C=O) groups is 1. The first-order valence-corrected chi connectivity index (χ1v) is 6.22. The van der Waals surface area contributed by atoms with Gasteiger partial charge in [0.2, 0.25) is 0 Å². The van der Waals surface area contributed by atoms with E-state index in [0.717, 1.165) is 10.9 Å². The third-order valence-electron chi connectivity index (χ3n) is 3.04. The van der Waals surface area contributed by atoms with Crippen molar-refractivity contribution >= 4 is 22.5 Å². The van der Waals surface area contributed by atoms with Crippen LogP contribution in [0.1, 0.15) is 10.4 Å². The summed E-state index contributed by atoms with van der Waals surface area (Å²) in [6.07, 6.45) is 0. The van der Waals surface area contributed by atoms with Gasteiger partial charge in [0.05, 0.1) is 0 Å². The zero-order valence-corrected chi connectivity index (χ0v) is 10.6. The monoisotopic (exact) mass is 264 g/mol. The van der Waals surface area contributed by atoms with Crippen molar-refractivity contribution < 1.29 is 4.79 Å². The molecular weight excluding hydrogens is 252 g/mol. The number of benzene rings is 2. The van der Waals surface area contributed by atoms with Crippen LogP contribution in [0.15, 0.2) is 65.5 Å². The summed E-state index contributed by atoms with van der Waals surface area (Å²) in [5.74, 6) is -0.300. The molecule has 98 valence electrons. The van der Waals surface area contributed by atoms with E-state index < -0.39 is 0 Å². The molecule has 20 heavy (non-hydrogen) atoms.